The van der Waals surface area contributed by atoms with Crippen LogP contribution in [0.3, 0.4) is 0 Å². The Kier molecular flexibility index (Phi) is 8.21. The van der Waals surface area contributed by atoms with Gasteiger partial charge in [-0.1, -0.05) is 41.9 Å². The molecule has 13 heteroatoms. The van der Waals surface area contributed by atoms with Crippen LogP contribution in [0, 0.1) is 11.2 Å². The molecular weight excluding hydrogens is 697 g/mol. The summed E-state index contributed by atoms with van der Waals surface area (Å²) in [6.07, 6.45) is 4.89. The Morgan fingerprint density at radius 3 is 2.34 bits per heavy atom. The third-order valence-corrected chi connectivity index (χ3v) is 12.3. The number of carbonyl (C=O) groups excluding carboxylic acids is 2. The van der Waals surface area contributed by atoms with E-state index in [2.05, 4.69) is 15.1 Å². The molecule has 4 aliphatic heterocycles. The third-order valence-electron chi connectivity index (χ3n) is 11.8. The van der Waals surface area contributed by atoms with Crippen molar-refractivity contribution >= 4 is 23.4 Å². The number of halogens is 2. The van der Waals surface area contributed by atoms with Crippen molar-refractivity contribution in [3.63, 3.8) is 0 Å². The maximum absolute atomic E-state index is 16.6. The highest BCUT2D eigenvalue weighted by Crippen LogP contribution is 2.50. The molecule has 0 radical (unpaired) electrons. The Morgan fingerprint density at radius 1 is 0.943 bits per heavy atom. The molecule has 2 spiro atoms. The quantitative estimate of drug-likeness (QED) is 0.258. The number of nitrogens with zero attached hydrogens (tertiary/aromatic N) is 6. The zero-order valence-corrected chi connectivity index (χ0v) is 30.8. The van der Waals surface area contributed by atoms with Crippen LogP contribution in [-0.4, -0.2) is 100 Å². The van der Waals surface area contributed by atoms with Crippen molar-refractivity contribution in [1.29, 1.82) is 0 Å². The van der Waals surface area contributed by atoms with Gasteiger partial charge >= 0.3 is 0 Å². The van der Waals surface area contributed by atoms with Crippen molar-refractivity contribution in [3.05, 3.63) is 76.3 Å². The molecule has 2 aromatic heterocycles. The highest BCUT2D eigenvalue weighted by atomic mass is 35.5. The summed E-state index contributed by atoms with van der Waals surface area (Å²) in [5.74, 6) is 0.744. The topological polar surface area (TPSA) is 113 Å². The lowest BCUT2D eigenvalue weighted by Crippen LogP contribution is -2.72. The molecule has 53 heavy (non-hydrogen) atoms. The first kappa shape index (κ1) is 34.1. The van der Waals surface area contributed by atoms with E-state index in [1.807, 2.05) is 29.2 Å². The summed E-state index contributed by atoms with van der Waals surface area (Å²) in [7, 11) is 3.18. The maximum atomic E-state index is 16.6. The monoisotopic (exact) mass is 737 g/mol. The number of hydrogen-bond donors (Lipinski definition) is 1. The molecule has 0 bridgehead atoms. The number of likely N-dealkylation sites (tertiary alicyclic amines) is 3. The number of nitrogens with one attached hydrogen (secondary N) is 1. The van der Waals surface area contributed by atoms with Crippen molar-refractivity contribution < 1.29 is 23.5 Å². The van der Waals surface area contributed by atoms with Gasteiger partial charge in [-0.25, -0.2) is 14.4 Å². The van der Waals surface area contributed by atoms with Gasteiger partial charge in [0, 0.05) is 98.4 Å². The number of pyridine rings is 1. The van der Waals surface area contributed by atoms with Crippen LogP contribution in [0.4, 0.5) is 4.39 Å². The average molecular weight is 738 g/mol. The molecule has 9 rings (SSSR count). The molecule has 4 aromatic rings. The minimum Gasteiger partial charge on any atom is -0.481 e. The van der Waals surface area contributed by atoms with Gasteiger partial charge in [0.15, 0.2) is 0 Å². The standard InChI is InChI=1S/C40H41ClFN7O4/c1-23(50)48-17-39(18-48)19-49(20-39)32-11-10-24-14-29(44-38(53-3)34(24)32)28-9-5-7-26(36(28)42)25-6-4-8-27(35(25)41)30-15-43-31(37(45-30)52-2)16-47-21-40(22-47)13-12-33(51)46-40/h4-9,14-15,32H,10-13,16-22H2,1-3H3,(H,46,51)/t32-/m0/s1. The summed E-state index contributed by atoms with van der Waals surface area (Å²) in [6.45, 7) is 7.25. The number of fused-ring (bicyclic) bond motifs is 1. The van der Waals surface area contributed by atoms with Gasteiger partial charge in [0.1, 0.15) is 11.5 Å². The number of rotatable bonds is 8. The van der Waals surface area contributed by atoms with E-state index in [9.17, 15) is 9.59 Å². The Labute approximate surface area is 312 Å². The minimum absolute atomic E-state index is 0.112. The fraction of sp³-hybridized carbons (Fsp3) is 0.425. The van der Waals surface area contributed by atoms with Crippen LogP contribution in [0.15, 0.2) is 48.7 Å². The van der Waals surface area contributed by atoms with Gasteiger partial charge < -0.3 is 19.7 Å². The van der Waals surface area contributed by atoms with Crippen molar-refractivity contribution in [2.75, 3.05) is 53.5 Å². The van der Waals surface area contributed by atoms with Crippen LogP contribution in [0.1, 0.15) is 49.0 Å². The Hall–Kier alpha value is -4.65. The van der Waals surface area contributed by atoms with E-state index in [1.54, 1.807) is 45.5 Å². The second-order valence-electron chi connectivity index (χ2n) is 15.4. The van der Waals surface area contributed by atoms with Gasteiger partial charge in [0.25, 0.3) is 0 Å². The predicted octanol–water partition coefficient (Wildman–Crippen LogP) is 5.30. The first-order valence-corrected chi connectivity index (χ1v) is 18.5. The zero-order valence-electron chi connectivity index (χ0n) is 30.0. The maximum Gasteiger partial charge on any atom is 0.237 e. The second-order valence-corrected chi connectivity index (χ2v) is 15.8. The summed E-state index contributed by atoms with van der Waals surface area (Å²) < 4.78 is 28.2. The van der Waals surface area contributed by atoms with Crippen molar-refractivity contribution in [2.24, 2.45) is 5.41 Å². The van der Waals surface area contributed by atoms with E-state index in [0.717, 1.165) is 69.7 Å². The van der Waals surface area contributed by atoms with Gasteiger partial charge in [-0.05, 0) is 37.0 Å². The number of benzene rings is 2. The molecule has 11 nitrogen and oxygen atoms in total. The fourth-order valence-electron chi connectivity index (χ4n) is 9.28. The summed E-state index contributed by atoms with van der Waals surface area (Å²) >= 11 is 7.05. The SMILES string of the molecule is COc1nc(-c2cccc(-c3cccc(-c4cc5c(c(OC)n4)[C@@H](N4CC6(CN(C(C)=O)C6)C4)CC5)c3F)c2Cl)cnc1CN1CC2(CCC(=O)N2)C1. The van der Waals surface area contributed by atoms with Crippen LogP contribution in [0.5, 0.6) is 11.8 Å². The number of methoxy groups -OCH3 is 2. The fourth-order valence-corrected chi connectivity index (χ4v) is 9.61. The summed E-state index contributed by atoms with van der Waals surface area (Å²) in [5.41, 5.74) is 5.85. The Bertz CT molecular complexity index is 2160. The molecule has 0 saturated carbocycles. The number of ether oxygens (including phenoxy) is 2. The van der Waals surface area contributed by atoms with E-state index >= 15 is 4.39 Å². The molecule has 2 amide bonds. The van der Waals surface area contributed by atoms with E-state index in [1.165, 1.54) is 0 Å². The molecule has 1 aliphatic carbocycles. The summed E-state index contributed by atoms with van der Waals surface area (Å²) in [5, 5.41) is 3.46. The van der Waals surface area contributed by atoms with E-state index in [0.29, 0.717) is 69.1 Å². The van der Waals surface area contributed by atoms with Gasteiger partial charge in [0.2, 0.25) is 23.6 Å². The Morgan fingerprint density at radius 2 is 1.64 bits per heavy atom. The van der Waals surface area contributed by atoms with Gasteiger partial charge in [-0.2, -0.15) is 0 Å². The first-order valence-electron chi connectivity index (χ1n) is 18.2. The van der Waals surface area contributed by atoms with Crippen molar-refractivity contribution in [3.8, 4) is 45.4 Å². The molecule has 274 valence electrons. The lowest BCUT2D eigenvalue weighted by Gasteiger charge is -2.61. The number of aromatic nitrogens is 3. The highest BCUT2D eigenvalue weighted by molar-refractivity contribution is 6.36. The summed E-state index contributed by atoms with van der Waals surface area (Å²) in [4.78, 5) is 44.4. The number of aryl methyl sites for hydroxylation is 1. The van der Waals surface area contributed by atoms with E-state index < -0.39 is 5.82 Å². The van der Waals surface area contributed by atoms with Crippen LogP contribution in [0.2, 0.25) is 5.02 Å². The minimum atomic E-state index is -0.426. The average Bonchev–Trinajstić information content (AvgIpc) is 3.71. The van der Waals surface area contributed by atoms with Gasteiger partial charge in [0.05, 0.1) is 42.4 Å². The summed E-state index contributed by atoms with van der Waals surface area (Å²) in [6, 6.07) is 12.9. The lowest BCUT2D eigenvalue weighted by atomic mass is 9.72. The lowest BCUT2D eigenvalue weighted by molar-refractivity contribution is -0.161. The van der Waals surface area contributed by atoms with Crippen LogP contribution >= 0.6 is 11.6 Å². The molecule has 4 saturated heterocycles. The molecule has 2 aromatic carbocycles. The van der Waals surface area contributed by atoms with Crippen molar-refractivity contribution in [2.45, 2.75) is 50.7 Å². The van der Waals surface area contributed by atoms with Gasteiger partial charge in [-0.3, -0.25) is 24.4 Å². The molecule has 0 unspecified atom stereocenters. The largest absolute Gasteiger partial charge is 0.481 e. The molecular formula is C40H41ClFN7O4. The molecule has 1 atom stereocenters. The van der Waals surface area contributed by atoms with E-state index in [-0.39, 0.29) is 28.8 Å². The molecule has 1 N–H and O–H groups in total. The van der Waals surface area contributed by atoms with E-state index in [4.69, 9.17) is 36.0 Å². The van der Waals surface area contributed by atoms with Crippen LogP contribution < -0.4 is 14.8 Å². The van der Waals surface area contributed by atoms with Crippen molar-refractivity contribution in [1.82, 2.24) is 35.0 Å². The van der Waals surface area contributed by atoms with Gasteiger partial charge in [-0.15, -0.1) is 0 Å². The smallest absolute Gasteiger partial charge is 0.237 e. The van der Waals surface area contributed by atoms with Crippen LogP contribution in [-0.2, 0) is 22.6 Å². The molecule has 5 aliphatic rings. The highest BCUT2D eigenvalue weighted by Gasteiger charge is 2.55. The first-order chi connectivity index (χ1) is 25.6. The van der Waals surface area contributed by atoms with Crippen LogP contribution in [0.25, 0.3) is 33.6 Å². The molecule has 6 heterocycles. The Balaban J connectivity index is 0.958. The number of hydrogen-bond acceptors (Lipinski definition) is 9. The normalized spacial score (nSPS) is 21.2. The number of amides is 2. The predicted molar refractivity (Wildman–Crippen MR) is 197 cm³/mol. The molecule has 4 fully saturated rings. The zero-order chi connectivity index (χ0) is 36.6. The second kappa shape index (κ2) is 12.7. The third kappa shape index (κ3) is 5.73. The number of carbonyl (C=O) groups is 2.